The molecule has 0 unspecified atom stereocenters. The molecule has 8 nitrogen and oxygen atoms in total. The Labute approximate surface area is 212 Å². The highest BCUT2D eigenvalue weighted by Crippen LogP contribution is 2.26. The molecule has 8 heteroatoms. The predicted molar refractivity (Wildman–Crippen MR) is 141 cm³/mol. The fourth-order valence-corrected chi connectivity index (χ4v) is 5.33. The van der Waals surface area contributed by atoms with Crippen LogP contribution in [0.3, 0.4) is 0 Å². The van der Waals surface area contributed by atoms with E-state index in [9.17, 15) is 9.59 Å². The highest BCUT2D eigenvalue weighted by molar-refractivity contribution is 5.96. The number of amides is 2. The lowest BCUT2D eigenvalue weighted by Crippen LogP contribution is -2.49. The molecule has 0 spiro atoms. The molecule has 2 aliphatic rings. The molecule has 0 atom stereocenters. The Bertz CT molecular complexity index is 1260. The average molecular weight is 487 g/mol. The summed E-state index contributed by atoms with van der Waals surface area (Å²) in [4.78, 5) is 32.5. The number of fused-ring (bicyclic) bond motifs is 1. The van der Waals surface area contributed by atoms with Crippen molar-refractivity contribution in [1.29, 1.82) is 0 Å². The van der Waals surface area contributed by atoms with E-state index in [1.807, 2.05) is 40.1 Å². The lowest BCUT2D eigenvalue weighted by Gasteiger charge is -2.37. The monoisotopic (exact) mass is 486 g/mol. The van der Waals surface area contributed by atoms with E-state index < -0.39 is 0 Å². The lowest BCUT2D eigenvalue weighted by atomic mass is 10.0. The topological polar surface area (TPSA) is 87.7 Å². The maximum Gasteiger partial charge on any atom is 0.272 e. The quantitative estimate of drug-likeness (QED) is 0.579. The molecule has 0 bridgehead atoms. The Morgan fingerprint density at radius 2 is 1.75 bits per heavy atom. The molecule has 1 saturated heterocycles. The van der Waals surface area contributed by atoms with E-state index in [1.165, 1.54) is 16.8 Å². The smallest absolute Gasteiger partial charge is 0.272 e. The second-order valence-electron chi connectivity index (χ2n) is 9.81. The van der Waals surface area contributed by atoms with Crippen molar-refractivity contribution in [2.75, 3.05) is 43.4 Å². The molecule has 2 aromatic carbocycles. The summed E-state index contributed by atoms with van der Waals surface area (Å²) in [6.07, 6.45) is 0.969. The number of piperazine rings is 1. The van der Waals surface area contributed by atoms with E-state index in [0.29, 0.717) is 57.1 Å². The lowest BCUT2D eigenvalue weighted by molar-refractivity contribution is -0.131. The Morgan fingerprint density at radius 3 is 2.47 bits per heavy atom. The number of nitrogens with two attached hydrogens (primary N) is 1. The summed E-state index contributed by atoms with van der Waals surface area (Å²) in [6.45, 7) is 8.75. The van der Waals surface area contributed by atoms with Crippen LogP contribution in [0.4, 0.5) is 11.5 Å². The van der Waals surface area contributed by atoms with Gasteiger partial charge in [0.2, 0.25) is 5.91 Å². The molecule has 0 aliphatic carbocycles. The van der Waals surface area contributed by atoms with Crippen molar-refractivity contribution in [3.63, 3.8) is 0 Å². The molecule has 3 aromatic rings. The largest absolute Gasteiger partial charge is 0.382 e. The fourth-order valence-electron chi connectivity index (χ4n) is 5.33. The molecule has 2 amide bonds. The molecule has 2 N–H and O–H groups in total. The van der Waals surface area contributed by atoms with Crippen LogP contribution in [-0.2, 0) is 24.3 Å². The first kappa shape index (κ1) is 23.9. The van der Waals surface area contributed by atoms with Crippen LogP contribution in [0.1, 0.15) is 39.2 Å². The third-order valence-electron chi connectivity index (χ3n) is 7.28. The average Bonchev–Trinajstić information content (AvgIpc) is 3.21. The van der Waals surface area contributed by atoms with Crippen molar-refractivity contribution in [2.24, 2.45) is 0 Å². The highest BCUT2D eigenvalue weighted by atomic mass is 16.2. The zero-order valence-electron chi connectivity index (χ0n) is 21.1. The van der Waals surface area contributed by atoms with Gasteiger partial charge in [-0.3, -0.25) is 14.3 Å². The van der Waals surface area contributed by atoms with Crippen LogP contribution in [0.2, 0.25) is 0 Å². The minimum absolute atomic E-state index is 0.0705. The molecule has 3 heterocycles. The van der Waals surface area contributed by atoms with Gasteiger partial charge in [0.25, 0.3) is 5.91 Å². The Kier molecular flexibility index (Phi) is 6.67. The van der Waals surface area contributed by atoms with Gasteiger partial charge in [0, 0.05) is 56.9 Å². The van der Waals surface area contributed by atoms with Crippen LogP contribution in [-0.4, -0.2) is 64.1 Å². The first-order chi connectivity index (χ1) is 17.4. The number of aromatic nitrogens is 2. The molecule has 0 saturated carbocycles. The molecule has 1 fully saturated rings. The summed E-state index contributed by atoms with van der Waals surface area (Å²) in [7, 11) is 0. The molecule has 2 aliphatic heterocycles. The molecule has 36 heavy (non-hydrogen) atoms. The van der Waals surface area contributed by atoms with Gasteiger partial charge in [0.15, 0.2) is 0 Å². The van der Waals surface area contributed by atoms with Crippen LogP contribution < -0.4 is 10.6 Å². The van der Waals surface area contributed by atoms with Crippen molar-refractivity contribution in [1.82, 2.24) is 19.6 Å². The fraction of sp³-hybridized carbons (Fsp3) is 0.393. The number of hydrogen-bond acceptors (Lipinski definition) is 5. The first-order valence-corrected chi connectivity index (χ1v) is 12.7. The number of carbonyl (C=O) groups is 2. The standard InChI is InChI=1S/C28H34N6O2/c1-20-8-9-24(21(2)18-20)31-14-16-32(17-15-31)25(35)11-13-34-26-23(27(29)30-34)10-12-33(28(26)36)19-22-6-4-3-5-7-22/h3-9,18H,10-17,19H2,1-2H3,(H2,29,30). The van der Waals surface area contributed by atoms with Crippen molar-refractivity contribution >= 4 is 23.3 Å². The van der Waals surface area contributed by atoms with Gasteiger partial charge in [-0.2, -0.15) is 5.10 Å². The van der Waals surface area contributed by atoms with Gasteiger partial charge < -0.3 is 20.4 Å². The van der Waals surface area contributed by atoms with Gasteiger partial charge in [0.05, 0.1) is 6.54 Å². The van der Waals surface area contributed by atoms with Gasteiger partial charge in [-0.25, -0.2) is 0 Å². The molecule has 0 radical (unpaired) electrons. The van der Waals surface area contributed by atoms with Gasteiger partial charge in [0.1, 0.15) is 11.5 Å². The van der Waals surface area contributed by atoms with E-state index in [0.717, 1.165) is 24.2 Å². The number of nitrogens with zero attached hydrogens (tertiary/aromatic N) is 5. The zero-order chi connectivity index (χ0) is 25.2. The number of hydrogen-bond donors (Lipinski definition) is 1. The summed E-state index contributed by atoms with van der Waals surface area (Å²) in [6, 6.07) is 16.5. The second kappa shape index (κ2) is 10.0. The Balaban J connectivity index is 1.20. The number of anilines is 2. The van der Waals surface area contributed by atoms with Crippen LogP contribution in [0.15, 0.2) is 48.5 Å². The minimum atomic E-state index is -0.0705. The SMILES string of the molecule is Cc1ccc(N2CCN(C(=O)CCn3nc(N)c4c3C(=O)N(Cc3ccccc3)CC4)CC2)c(C)c1. The summed E-state index contributed by atoms with van der Waals surface area (Å²) >= 11 is 0. The summed E-state index contributed by atoms with van der Waals surface area (Å²) in [5, 5.41) is 4.44. The summed E-state index contributed by atoms with van der Waals surface area (Å²) in [5.74, 6) is 0.411. The molecule has 188 valence electrons. The Hall–Kier alpha value is -3.81. The van der Waals surface area contributed by atoms with Crippen molar-refractivity contribution in [2.45, 2.75) is 39.8 Å². The van der Waals surface area contributed by atoms with E-state index in [1.54, 1.807) is 4.68 Å². The van der Waals surface area contributed by atoms with Gasteiger partial charge in [-0.05, 0) is 37.5 Å². The van der Waals surface area contributed by atoms with Gasteiger partial charge in [-0.15, -0.1) is 0 Å². The third-order valence-corrected chi connectivity index (χ3v) is 7.28. The number of rotatable bonds is 6. The van der Waals surface area contributed by atoms with Crippen LogP contribution >= 0.6 is 0 Å². The van der Waals surface area contributed by atoms with Crippen LogP contribution in [0, 0.1) is 13.8 Å². The maximum atomic E-state index is 13.3. The van der Waals surface area contributed by atoms with E-state index >= 15 is 0 Å². The second-order valence-corrected chi connectivity index (χ2v) is 9.81. The first-order valence-electron chi connectivity index (χ1n) is 12.7. The van der Waals surface area contributed by atoms with Crippen molar-refractivity contribution < 1.29 is 9.59 Å². The molecular weight excluding hydrogens is 452 g/mol. The minimum Gasteiger partial charge on any atom is -0.382 e. The Morgan fingerprint density at radius 1 is 1.00 bits per heavy atom. The van der Waals surface area contributed by atoms with E-state index in [4.69, 9.17) is 5.73 Å². The van der Waals surface area contributed by atoms with Crippen molar-refractivity contribution in [3.05, 3.63) is 76.5 Å². The molecule has 1 aromatic heterocycles. The normalized spacial score (nSPS) is 15.8. The highest BCUT2D eigenvalue weighted by Gasteiger charge is 2.31. The third kappa shape index (κ3) is 4.80. The number of aryl methyl sites for hydroxylation is 3. The number of carbonyl (C=O) groups excluding carboxylic acids is 2. The van der Waals surface area contributed by atoms with Crippen LogP contribution in [0.25, 0.3) is 0 Å². The van der Waals surface area contributed by atoms with Gasteiger partial charge in [-0.1, -0.05) is 48.0 Å². The summed E-state index contributed by atoms with van der Waals surface area (Å²) < 4.78 is 1.65. The summed E-state index contributed by atoms with van der Waals surface area (Å²) in [5.41, 5.74) is 12.3. The maximum absolute atomic E-state index is 13.3. The zero-order valence-corrected chi connectivity index (χ0v) is 21.1. The van der Waals surface area contributed by atoms with E-state index in [-0.39, 0.29) is 11.8 Å². The van der Waals surface area contributed by atoms with Crippen LogP contribution in [0.5, 0.6) is 0 Å². The van der Waals surface area contributed by atoms with Crippen molar-refractivity contribution in [3.8, 4) is 0 Å². The van der Waals surface area contributed by atoms with E-state index in [2.05, 4.69) is 42.0 Å². The predicted octanol–water partition coefficient (Wildman–Crippen LogP) is 3.02. The number of benzene rings is 2. The number of nitrogen functional groups attached to an aromatic ring is 1. The molecule has 5 rings (SSSR count). The molecular formula is C28H34N6O2. The van der Waals surface area contributed by atoms with Gasteiger partial charge >= 0.3 is 0 Å².